The maximum atomic E-state index is 12.4. The van der Waals surface area contributed by atoms with Crippen molar-refractivity contribution in [2.24, 2.45) is 0 Å². The molecule has 136 valence electrons. The van der Waals surface area contributed by atoms with E-state index in [-0.39, 0.29) is 5.91 Å². The molecule has 0 unspecified atom stereocenters. The summed E-state index contributed by atoms with van der Waals surface area (Å²) in [7, 11) is 1.36. The highest BCUT2D eigenvalue weighted by atomic mass is 32.1. The molecule has 26 heavy (non-hydrogen) atoms. The third kappa shape index (κ3) is 3.88. The molecule has 0 radical (unpaired) electrons. The van der Waals surface area contributed by atoms with Crippen molar-refractivity contribution in [3.8, 4) is 11.1 Å². The highest BCUT2D eigenvalue weighted by Gasteiger charge is 2.22. The molecule has 0 atom stereocenters. The molecule has 1 aliphatic rings. The molecule has 0 bridgehead atoms. The molecule has 0 fully saturated rings. The number of benzene rings is 1. The Hall–Kier alpha value is -2.40. The first-order valence-corrected chi connectivity index (χ1v) is 9.65. The van der Waals surface area contributed by atoms with E-state index in [9.17, 15) is 9.59 Å². The zero-order chi connectivity index (χ0) is 18.7. The smallest absolute Gasteiger partial charge is 0.341 e. The van der Waals surface area contributed by atoms with Crippen molar-refractivity contribution < 1.29 is 14.3 Å². The van der Waals surface area contributed by atoms with Gasteiger partial charge in [-0.25, -0.2) is 4.79 Å². The van der Waals surface area contributed by atoms with Crippen LogP contribution in [0.2, 0.25) is 0 Å². The van der Waals surface area contributed by atoms with E-state index < -0.39 is 5.97 Å². The molecule has 0 aliphatic heterocycles. The summed E-state index contributed by atoms with van der Waals surface area (Å²) in [4.78, 5) is 24.5. The van der Waals surface area contributed by atoms with E-state index in [4.69, 9.17) is 4.74 Å². The van der Waals surface area contributed by atoms with Crippen LogP contribution in [0.1, 0.15) is 48.2 Å². The van der Waals surface area contributed by atoms with E-state index in [2.05, 4.69) is 23.5 Å². The number of allylic oxidation sites excluding steroid dienone is 1. The first-order valence-electron chi connectivity index (χ1n) is 8.77. The zero-order valence-electron chi connectivity index (χ0n) is 15.3. The third-order valence-corrected chi connectivity index (χ3v) is 5.39. The number of rotatable bonds is 4. The number of fused-ring (bicyclic) bond motifs is 1. The molecular weight excluding hydrogens is 346 g/mol. The number of methoxy groups -OCH3 is 1. The first kappa shape index (κ1) is 18.4. The summed E-state index contributed by atoms with van der Waals surface area (Å²) >= 11 is 1.35. The lowest BCUT2D eigenvalue weighted by molar-refractivity contribution is -0.111. The number of hydrogen-bond acceptors (Lipinski definition) is 4. The second kappa shape index (κ2) is 7.87. The molecule has 0 saturated carbocycles. The van der Waals surface area contributed by atoms with Gasteiger partial charge in [0.2, 0.25) is 5.91 Å². The molecule has 0 spiro atoms. The number of amides is 1. The summed E-state index contributed by atoms with van der Waals surface area (Å²) in [5.74, 6) is -0.680. The highest BCUT2D eigenvalue weighted by Crippen LogP contribution is 2.37. The highest BCUT2D eigenvalue weighted by molar-refractivity contribution is 7.15. The Morgan fingerprint density at radius 1 is 1.15 bits per heavy atom. The quantitative estimate of drug-likeness (QED) is 0.610. The Balaban J connectivity index is 2.01. The maximum Gasteiger partial charge on any atom is 0.341 e. The number of carbonyl (C=O) groups excluding carboxylic acids is 2. The first-order chi connectivity index (χ1) is 12.5. The second-order valence-electron chi connectivity index (χ2n) is 6.75. The third-order valence-electron chi connectivity index (χ3n) is 4.50. The fraction of sp³-hybridized carbons (Fsp3) is 0.333. The van der Waals surface area contributed by atoms with Gasteiger partial charge in [-0.05, 0) is 56.2 Å². The van der Waals surface area contributed by atoms with Crippen molar-refractivity contribution in [3.05, 3.63) is 51.9 Å². The summed E-state index contributed by atoms with van der Waals surface area (Å²) < 4.78 is 4.97. The van der Waals surface area contributed by atoms with Gasteiger partial charge < -0.3 is 10.1 Å². The second-order valence-corrected chi connectivity index (χ2v) is 7.63. The van der Waals surface area contributed by atoms with Gasteiger partial charge in [0, 0.05) is 17.0 Å². The predicted octanol–water partition coefficient (Wildman–Crippen LogP) is 4.99. The molecule has 2 aromatic rings. The van der Waals surface area contributed by atoms with Gasteiger partial charge in [0.05, 0.1) is 7.11 Å². The van der Waals surface area contributed by atoms with Gasteiger partial charge >= 0.3 is 5.97 Å². The molecule has 5 heteroatoms. The van der Waals surface area contributed by atoms with Crippen LogP contribution < -0.4 is 5.32 Å². The number of aryl methyl sites for hydroxylation is 2. The molecule has 3 rings (SSSR count). The van der Waals surface area contributed by atoms with Crippen LogP contribution in [-0.4, -0.2) is 19.0 Å². The average Bonchev–Trinajstić information content (AvgIpc) is 3.03. The fourth-order valence-corrected chi connectivity index (χ4v) is 4.24. The molecule has 0 saturated heterocycles. The molecule has 4 nitrogen and oxygen atoms in total. The van der Waals surface area contributed by atoms with Crippen LogP contribution in [0.4, 0.5) is 5.00 Å². The Morgan fingerprint density at radius 3 is 2.58 bits per heavy atom. The number of esters is 1. The molecule has 1 heterocycles. The number of ether oxygens (including phenoxy) is 1. The van der Waals surface area contributed by atoms with Gasteiger partial charge in [0.15, 0.2) is 0 Å². The normalized spacial score (nSPS) is 12.9. The summed E-state index contributed by atoms with van der Waals surface area (Å²) in [5, 5.41) is 5.24. The van der Waals surface area contributed by atoms with E-state index in [0.29, 0.717) is 10.6 Å². The molecule has 1 aliphatic carbocycles. The SMILES string of the molecule is COC(=O)c1c(-c2ccc3c(c2)CCCC3)csc1NC(=O)C=C(C)C. The van der Waals surface area contributed by atoms with Gasteiger partial charge in [-0.3, -0.25) is 4.79 Å². The van der Waals surface area contributed by atoms with Crippen molar-refractivity contribution in [2.45, 2.75) is 39.5 Å². The zero-order valence-corrected chi connectivity index (χ0v) is 16.2. The molecule has 1 aromatic carbocycles. The molecular formula is C21H23NO3S. The van der Waals surface area contributed by atoms with Crippen LogP contribution >= 0.6 is 11.3 Å². The minimum Gasteiger partial charge on any atom is -0.465 e. The van der Waals surface area contributed by atoms with E-state index >= 15 is 0 Å². The Bertz CT molecular complexity index is 875. The molecule has 1 amide bonds. The summed E-state index contributed by atoms with van der Waals surface area (Å²) in [6.07, 6.45) is 6.14. The van der Waals surface area contributed by atoms with Crippen molar-refractivity contribution in [3.63, 3.8) is 0 Å². The van der Waals surface area contributed by atoms with Gasteiger partial charge in [-0.1, -0.05) is 23.8 Å². The van der Waals surface area contributed by atoms with Gasteiger partial charge in [0.1, 0.15) is 10.6 Å². The van der Waals surface area contributed by atoms with Gasteiger partial charge in [-0.15, -0.1) is 11.3 Å². The Labute approximate surface area is 157 Å². The van der Waals surface area contributed by atoms with Crippen LogP contribution in [0.15, 0.2) is 35.2 Å². The van der Waals surface area contributed by atoms with Crippen LogP contribution in [0.3, 0.4) is 0 Å². The minimum atomic E-state index is -0.438. The Kier molecular flexibility index (Phi) is 5.57. The number of hydrogen-bond donors (Lipinski definition) is 1. The minimum absolute atomic E-state index is 0.242. The Morgan fingerprint density at radius 2 is 1.88 bits per heavy atom. The van der Waals surface area contributed by atoms with Crippen molar-refractivity contribution in [1.29, 1.82) is 0 Å². The van der Waals surface area contributed by atoms with Gasteiger partial charge in [-0.2, -0.15) is 0 Å². The lowest BCUT2D eigenvalue weighted by Crippen LogP contribution is -2.12. The van der Waals surface area contributed by atoms with E-state index in [1.807, 2.05) is 19.2 Å². The number of anilines is 1. The van der Waals surface area contributed by atoms with Crippen LogP contribution in [-0.2, 0) is 22.4 Å². The summed E-state index contributed by atoms with van der Waals surface area (Å²) in [6, 6.07) is 6.38. The number of nitrogens with one attached hydrogen (secondary N) is 1. The van der Waals surface area contributed by atoms with E-state index in [1.165, 1.54) is 48.5 Å². The predicted molar refractivity (Wildman–Crippen MR) is 106 cm³/mol. The lowest BCUT2D eigenvalue weighted by atomic mass is 9.89. The molecule has 1 N–H and O–H groups in total. The van der Waals surface area contributed by atoms with Crippen LogP contribution in [0.25, 0.3) is 11.1 Å². The van der Waals surface area contributed by atoms with Crippen molar-refractivity contribution in [1.82, 2.24) is 0 Å². The monoisotopic (exact) mass is 369 g/mol. The van der Waals surface area contributed by atoms with E-state index in [1.54, 1.807) is 0 Å². The van der Waals surface area contributed by atoms with Gasteiger partial charge in [0.25, 0.3) is 0 Å². The van der Waals surface area contributed by atoms with Crippen molar-refractivity contribution in [2.75, 3.05) is 12.4 Å². The van der Waals surface area contributed by atoms with Crippen LogP contribution in [0.5, 0.6) is 0 Å². The summed E-state index contributed by atoms with van der Waals surface area (Å²) in [5.41, 5.74) is 5.86. The summed E-state index contributed by atoms with van der Waals surface area (Å²) in [6.45, 7) is 3.71. The number of thiophene rings is 1. The topological polar surface area (TPSA) is 55.4 Å². The largest absolute Gasteiger partial charge is 0.465 e. The van der Waals surface area contributed by atoms with Crippen molar-refractivity contribution >= 4 is 28.2 Å². The standard InChI is InChI=1S/C21H23NO3S/c1-13(2)10-18(23)22-20-19(21(24)25-3)17(12-26-20)16-9-8-14-6-4-5-7-15(14)11-16/h8-12H,4-7H2,1-3H3,(H,22,23). The maximum absolute atomic E-state index is 12.4. The van der Waals surface area contributed by atoms with E-state index in [0.717, 1.165) is 29.5 Å². The lowest BCUT2D eigenvalue weighted by Gasteiger charge is -2.16. The number of carbonyl (C=O) groups is 2. The fourth-order valence-electron chi connectivity index (χ4n) is 3.28. The average molecular weight is 369 g/mol. The van der Waals surface area contributed by atoms with Crippen LogP contribution in [0, 0.1) is 0 Å². The molecule has 1 aromatic heterocycles.